The molecule has 2 spiro atoms. The lowest BCUT2D eigenvalue weighted by Crippen LogP contribution is -2.61. The van der Waals surface area contributed by atoms with Gasteiger partial charge in [0.25, 0.3) is 6.71 Å². The summed E-state index contributed by atoms with van der Waals surface area (Å²) in [5, 5.41) is 0. The molecule has 2 aliphatic heterocycles. The molecule has 3 heteroatoms. The SMILES string of the molecule is c1ccc(N2c3ccccc3B3c4ccccc4N(c4cccc5c4-c4ccccc4[C@@]54C[C@@H]5CC[C@H]4C5)c4c3c2cc2c4-c3ccccc3[C@]23C[C@@H]2CCC3C2)cc1. The van der Waals surface area contributed by atoms with Crippen molar-refractivity contribution in [3.05, 3.63) is 174 Å². The molecule has 0 saturated heterocycles. The van der Waals surface area contributed by atoms with E-state index < -0.39 is 0 Å². The molecule has 0 amide bonds. The Morgan fingerprint density at radius 1 is 0.441 bits per heavy atom. The third-order valence-corrected chi connectivity index (χ3v) is 17.4. The fourth-order valence-corrected chi connectivity index (χ4v) is 15.5. The van der Waals surface area contributed by atoms with Crippen molar-refractivity contribution in [2.75, 3.05) is 9.80 Å². The molecule has 0 aromatic heterocycles. The number of fused-ring (bicyclic) bond motifs is 21. The van der Waals surface area contributed by atoms with Crippen molar-refractivity contribution in [1.82, 2.24) is 0 Å². The first-order valence-corrected chi connectivity index (χ1v) is 22.6. The topological polar surface area (TPSA) is 6.48 Å². The van der Waals surface area contributed by atoms with E-state index >= 15 is 0 Å². The van der Waals surface area contributed by atoms with Crippen molar-refractivity contribution >= 4 is 57.2 Å². The maximum Gasteiger partial charge on any atom is 0.252 e. The zero-order valence-corrected chi connectivity index (χ0v) is 33.4. The zero-order valence-electron chi connectivity index (χ0n) is 33.4. The van der Waals surface area contributed by atoms with Crippen LogP contribution in [0.1, 0.15) is 73.6 Å². The monoisotopic (exact) mass is 756 g/mol. The first kappa shape index (κ1) is 32.1. The normalized spacial score (nSPS) is 27.5. The number of benzene rings is 7. The summed E-state index contributed by atoms with van der Waals surface area (Å²) in [4.78, 5) is 5.45. The van der Waals surface area contributed by atoms with Gasteiger partial charge in [0.15, 0.2) is 0 Å². The number of hydrogen-bond acceptors (Lipinski definition) is 2. The smallest absolute Gasteiger partial charge is 0.252 e. The zero-order chi connectivity index (χ0) is 38.2. The molecule has 4 fully saturated rings. The summed E-state index contributed by atoms with van der Waals surface area (Å²) in [6.07, 6.45) is 10.8. The van der Waals surface area contributed by atoms with Crippen molar-refractivity contribution in [2.45, 2.75) is 62.2 Å². The molecule has 6 atom stereocenters. The van der Waals surface area contributed by atoms with Gasteiger partial charge in [-0.05, 0) is 148 Å². The van der Waals surface area contributed by atoms with Crippen LogP contribution in [0.5, 0.6) is 0 Å². The summed E-state index contributed by atoms with van der Waals surface area (Å²) < 4.78 is 0. The molecule has 0 radical (unpaired) electrons. The molecular formula is C56H45BN2. The Labute approximate surface area is 347 Å². The van der Waals surface area contributed by atoms with E-state index in [1.165, 1.54) is 124 Å². The second kappa shape index (κ2) is 11.1. The molecule has 7 aromatic rings. The first-order valence-electron chi connectivity index (χ1n) is 22.6. The highest BCUT2D eigenvalue weighted by Crippen LogP contribution is 2.70. The average molecular weight is 757 g/mol. The van der Waals surface area contributed by atoms with Gasteiger partial charge in [0.2, 0.25) is 0 Å². The molecule has 8 aliphatic rings. The molecule has 282 valence electrons. The largest absolute Gasteiger partial charge is 0.311 e. The van der Waals surface area contributed by atoms with Crippen LogP contribution < -0.4 is 26.2 Å². The van der Waals surface area contributed by atoms with Gasteiger partial charge in [-0.1, -0.05) is 128 Å². The minimum atomic E-state index is 0.0379. The Hall–Kier alpha value is -5.80. The van der Waals surface area contributed by atoms with E-state index in [9.17, 15) is 0 Å². The standard InChI is InChI=1S/C56H45BN2/c1-2-13-38(14-3-1)58-47-22-10-8-20-45(47)57-46-21-9-11-23-48(46)59(49-24-12-19-43-51(49)39-15-4-6-17-41(39)55(43)32-34-25-27-36(55)29-34)54-52-40-16-5-7-18-42(40)56(33-35-26-28-37(56)30-35)44(52)31-50(58)53(54)57/h1-24,31,34-37H,25-30,32-33H2/t34-,35-,36+,37?,55+,56-/m1/s1. The molecular weight excluding hydrogens is 711 g/mol. The van der Waals surface area contributed by atoms with Gasteiger partial charge in [0.05, 0.1) is 11.4 Å². The highest BCUT2D eigenvalue weighted by molar-refractivity contribution is 7.00. The van der Waals surface area contributed by atoms with E-state index in [4.69, 9.17) is 0 Å². The Bertz CT molecular complexity index is 2990. The Morgan fingerprint density at radius 2 is 0.983 bits per heavy atom. The Morgan fingerprint density at radius 3 is 1.63 bits per heavy atom. The van der Waals surface area contributed by atoms with E-state index in [1.807, 2.05) is 0 Å². The number of anilines is 6. The third-order valence-electron chi connectivity index (χ3n) is 17.4. The van der Waals surface area contributed by atoms with E-state index in [2.05, 4.69) is 161 Å². The number of nitrogens with zero attached hydrogens (tertiary/aromatic N) is 2. The van der Waals surface area contributed by atoms with Gasteiger partial charge < -0.3 is 9.80 Å². The maximum atomic E-state index is 2.81. The van der Waals surface area contributed by atoms with Gasteiger partial charge in [-0.15, -0.1) is 0 Å². The predicted octanol–water partition coefficient (Wildman–Crippen LogP) is 11.9. The number of hydrogen-bond donors (Lipinski definition) is 0. The quantitative estimate of drug-likeness (QED) is 0.162. The van der Waals surface area contributed by atoms with Crippen LogP contribution in [0.15, 0.2) is 152 Å². The molecule has 2 heterocycles. The van der Waals surface area contributed by atoms with Crippen molar-refractivity contribution in [2.24, 2.45) is 23.7 Å². The van der Waals surface area contributed by atoms with Gasteiger partial charge in [-0.25, -0.2) is 0 Å². The summed E-state index contributed by atoms with van der Waals surface area (Å²) in [5.41, 5.74) is 24.7. The third kappa shape index (κ3) is 3.71. The fourth-order valence-electron chi connectivity index (χ4n) is 15.5. The Kier molecular flexibility index (Phi) is 6.02. The number of para-hydroxylation sites is 3. The van der Waals surface area contributed by atoms with Crippen molar-refractivity contribution < 1.29 is 0 Å². The molecule has 6 aliphatic carbocycles. The summed E-state index contributed by atoms with van der Waals surface area (Å²) in [6.45, 7) is 0.110. The molecule has 4 bridgehead atoms. The lowest BCUT2D eigenvalue weighted by Gasteiger charge is -2.46. The Balaban J connectivity index is 1.11. The van der Waals surface area contributed by atoms with E-state index in [0.717, 1.165) is 17.8 Å². The van der Waals surface area contributed by atoms with E-state index in [-0.39, 0.29) is 17.5 Å². The minimum absolute atomic E-state index is 0.0379. The summed E-state index contributed by atoms with van der Waals surface area (Å²) in [7, 11) is 0. The van der Waals surface area contributed by atoms with Crippen molar-refractivity contribution in [3.63, 3.8) is 0 Å². The lowest BCUT2D eigenvalue weighted by atomic mass is 9.33. The van der Waals surface area contributed by atoms with Gasteiger partial charge in [0, 0.05) is 44.7 Å². The van der Waals surface area contributed by atoms with Crippen LogP contribution in [0.2, 0.25) is 0 Å². The molecule has 1 unspecified atom stereocenters. The van der Waals surface area contributed by atoms with Gasteiger partial charge in [-0.2, -0.15) is 0 Å². The lowest BCUT2D eigenvalue weighted by molar-refractivity contribution is 0.327. The van der Waals surface area contributed by atoms with Crippen molar-refractivity contribution in [1.29, 1.82) is 0 Å². The predicted molar refractivity (Wildman–Crippen MR) is 244 cm³/mol. The van der Waals surface area contributed by atoms with Crippen LogP contribution in [0, 0.1) is 23.7 Å². The molecule has 0 N–H and O–H groups in total. The van der Waals surface area contributed by atoms with Crippen LogP contribution in [0.3, 0.4) is 0 Å². The highest BCUT2D eigenvalue weighted by Gasteiger charge is 2.60. The first-order chi connectivity index (χ1) is 29.2. The van der Waals surface area contributed by atoms with E-state index in [0.29, 0.717) is 5.92 Å². The summed E-state index contributed by atoms with van der Waals surface area (Å²) in [6, 6.07) is 59.5. The van der Waals surface area contributed by atoms with Gasteiger partial charge in [-0.3, -0.25) is 0 Å². The van der Waals surface area contributed by atoms with Crippen LogP contribution in [-0.4, -0.2) is 6.71 Å². The molecule has 15 rings (SSSR count). The number of rotatable bonds is 2. The second-order valence-corrected chi connectivity index (χ2v) is 19.5. The fraction of sp³-hybridized carbons (Fsp3) is 0.250. The minimum Gasteiger partial charge on any atom is -0.311 e. The second-order valence-electron chi connectivity index (χ2n) is 19.5. The van der Waals surface area contributed by atoms with Gasteiger partial charge in [0.1, 0.15) is 0 Å². The molecule has 59 heavy (non-hydrogen) atoms. The van der Waals surface area contributed by atoms with Gasteiger partial charge >= 0.3 is 0 Å². The average Bonchev–Trinajstić information content (AvgIpc) is 4.17. The van der Waals surface area contributed by atoms with E-state index in [1.54, 1.807) is 22.3 Å². The van der Waals surface area contributed by atoms with Crippen LogP contribution in [-0.2, 0) is 10.8 Å². The van der Waals surface area contributed by atoms with Crippen LogP contribution in [0.4, 0.5) is 34.1 Å². The van der Waals surface area contributed by atoms with Crippen molar-refractivity contribution in [3.8, 4) is 22.3 Å². The molecule has 2 nitrogen and oxygen atoms in total. The van der Waals surface area contributed by atoms with Crippen LogP contribution in [0.25, 0.3) is 22.3 Å². The summed E-state index contributed by atoms with van der Waals surface area (Å²) in [5.74, 6) is 3.03. The van der Waals surface area contributed by atoms with Crippen LogP contribution >= 0.6 is 0 Å². The highest BCUT2D eigenvalue weighted by atomic mass is 15.2. The molecule has 7 aromatic carbocycles. The maximum absolute atomic E-state index is 2.81. The molecule has 4 saturated carbocycles. The summed E-state index contributed by atoms with van der Waals surface area (Å²) >= 11 is 0.